The topological polar surface area (TPSA) is 67.5 Å². The van der Waals surface area contributed by atoms with Gasteiger partial charge in [-0.25, -0.2) is 10.4 Å². The molecule has 0 saturated carbocycles. The first-order valence-corrected chi connectivity index (χ1v) is 7.70. The van der Waals surface area contributed by atoms with Crippen molar-refractivity contribution in [1.82, 2.24) is 10.4 Å². The monoisotopic (exact) mass is 323 g/mol. The Kier molecular flexibility index (Phi) is 4.85. The zero-order chi connectivity index (χ0) is 15.9. The number of carbonyl (C=O) groups is 1. The van der Waals surface area contributed by atoms with E-state index in [1.807, 2.05) is 30.3 Å². The van der Waals surface area contributed by atoms with Gasteiger partial charge in [0.25, 0.3) is 5.91 Å². The highest BCUT2D eigenvalue weighted by Crippen LogP contribution is 2.26. The minimum Gasteiger partial charge on any atom is -0.448 e. The number of amides is 1. The zero-order valence-corrected chi connectivity index (χ0v) is 12.9. The molecule has 0 atom stereocenters. The van der Waals surface area contributed by atoms with Crippen LogP contribution in [0.15, 0.2) is 86.5 Å². The van der Waals surface area contributed by atoms with Gasteiger partial charge in [-0.1, -0.05) is 24.3 Å². The molecule has 1 aromatic carbocycles. The fraction of sp³-hybridized carbons (Fsp3) is 0. The molecule has 1 N–H and O–H groups in total. The van der Waals surface area contributed by atoms with Gasteiger partial charge in [-0.3, -0.25) is 4.79 Å². The fourth-order valence-corrected chi connectivity index (χ4v) is 2.52. The van der Waals surface area contributed by atoms with Crippen molar-refractivity contribution in [2.75, 3.05) is 0 Å². The van der Waals surface area contributed by atoms with Crippen LogP contribution in [0.5, 0.6) is 0 Å². The molecule has 0 spiro atoms. The molecule has 3 aromatic rings. The fourth-order valence-electron chi connectivity index (χ4n) is 1.78. The Morgan fingerprint density at radius 1 is 1.09 bits per heavy atom. The van der Waals surface area contributed by atoms with Crippen molar-refractivity contribution in [3.63, 3.8) is 0 Å². The third-order valence-corrected chi connectivity index (χ3v) is 3.71. The average Bonchev–Trinajstić information content (AvgIpc) is 3.04. The lowest BCUT2D eigenvalue weighted by molar-refractivity contribution is 0.0955. The number of aromatic nitrogens is 1. The highest BCUT2D eigenvalue weighted by Gasteiger charge is 2.04. The van der Waals surface area contributed by atoms with Crippen molar-refractivity contribution in [3.05, 3.63) is 78.2 Å². The van der Waals surface area contributed by atoms with Gasteiger partial charge in [-0.15, -0.1) is 0 Å². The number of furan rings is 1. The summed E-state index contributed by atoms with van der Waals surface area (Å²) in [6.45, 7) is 0. The molecule has 0 fully saturated rings. The van der Waals surface area contributed by atoms with E-state index >= 15 is 0 Å². The number of hydrogen-bond acceptors (Lipinski definition) is 5. The second-order valence-electron chi connectivity index (χ2n) is 4.49. The van der Waals surface area contributed by atoms with Crippen molar-refractivity contribution in [3.8, 4) is 0 Å². The largest absolute Gasteiger partial charge is 0.448 e. The maximum Gasteiger partial charge on any atom is 0.271 e. The number of hydrogen-bond donors (Lipinski definition) is 1. The SMILES string of the molecule is O=C(NN=Cc1ccc(Sc2ccccn2)o1)c1ccccc1. The van der Waals surface area contributed by atoms with Crippen molar-refractivity contribution in [1.29, 1.82) is 0 Å². The average molecular weight is 323 g/mol. The minimum atomic E-state index is -0.267. The molecule has 23 heavy (non-hydrogen) atoms. The van der Waals surface area contributed by atoms with Crippen LogP contribution in [0, 0.1) is 0 Å². The molecule has 0 aliphatic rings. The quantitative estimate of drug-likeness (QED) is 0.575. The van der Waals surface area contributed by atoms with Crippen molar-refractivity contribution in [2.45, 2.75) is 10.1 Å². The van der Waals surface area contributed by atoms with Gasteiger partial charge in [-0.2, -0.15) is 5.10 Å². The molecule has 114 valence electrons. The summed E-state index contributed by atoms with van der Waals surface area (Å²) in [4.78, 5) is 16.0. The van der Waals surface area contributed by atoms with Crippen molar-refractivity contribution >= 4 is 23.9 Å². The number of hydrazone groups is 1. The number of carbonyl (C=O) groups excluding carboxylic acids is 1. The molecule has 0 saturated heterocycles. The Hall–Kier alpha value is -2.86. The molecule has 2 aromatic heterocycles. The van der Waals surface area contributed by atoms with Crippen LogP contribution in [0.2, 0.25) is 0 Å². The molecule has 0 bridgehead atoms. The van der Waals surface area contributed by atoms with E-state index in [-0.39, 0.29) is 5.91 Å². The molecule has 3 rings (SSSR count). The van der Waals surface area contributed by atoms with Gasteiger partial charge >= 0.3 is 0 Å². The summed E-state index contributed by atoms with van der Waals surface area (Å²) >= 11 is 1.42. The molecule has 0 aliphatic carbocycles. The van der Waals surface area contributed by atoms with E-state index in [0.717, 1.165) is 5.03 Å². The van der Waals surface area contributed by atoms with E-state index in [2.05, 4.69) is 15.5 Å². The molecule has 0 unspecified atom stereocenters. The first-order chi connectivity index (χ1) is 11.3. The van der Waals surface area contributed by atoms with Gasteiger partial charge in [-0.05, 0) is 48.2 Å². The maximum atomic E-state index is 11.8. The van der Waals surface area contributed by atoms with Crippen molar-refractivity contribution < 1.29 is 9.21 Å². The van der Waals surface area contributed by atoms with E-state index in [1.54, 1.807) is 36.5 Å². The summed E-state index contributed by atoms with van der Waals surface area (Å²) in [5.41, 5.74) is 3.01. The molecular formula is C17H13N3O2S. The van der Waals surface area contributed by atoms with Gasteiger partial charge in [0.05, 0.1) is 6.21 Å². The Morgan fingerprint density at radius 3 is 2.70 bits per heavy atom. The first-order valence-electron chi connectivity index (χ1n) is 6.88. The van der Waals surface area contributed by atoms with Crippen LogP contribution in [0.4, 0.5) is 0 Å². The van der Waals surface area contributed by atoms with Crippen LogP contribution in [-0.2, 0) is 0 Å². The van der Waals surface area contributed by atoms with Crippen LogP contribution in [-0.4, -0.2) is 17.1 Å². The smallest absolute Gasteiger partial charge is 0.271 e. The molecule has 1 amide bonds. The van der Waals surface area contributed by atoms with Gasteiger partial charge in [0.2, 0.25) is 0 Å². The summed E-state index contributed by atoms with van der Waals surface area (Å²) in [5, 5.41) is 5.45. The predicted octanol–water partition coefficient (Wildman–Crippen LogP) is 3.59. The lowest BCUT2D eigenvalue weighted by Gasteiger charge is -1.98. The number of pyridine rings is 1. The van der Waals surface area contributed by atoms with Crippen LogP contribution in [0.1, 0.15) is 16.1 Å². The normalized spacial score (nSPS) is 10.8. The maximum absolute atomic E-state index is 11.8. The van der Waals surface area contributed by atoms with E-state index in [9.17, 15) is 4.79 Å². The van der Waals surface area contributed by atoms with E-state index in [1.165, 1.54) is 18.0 Å². The summed E-state index contributed by atoms with van der Waals surface area (Å²) in [6.07, 6.45) is 3.19. The second kappa shape index (κ2) is 7.42. The second-order valence-corrected chi connectivity index (χ2v) is 5.52. The summed E-state index contributed by atoms with van der Waals surface area (Å²) in [7, 11) is 0. The first kappa shape index (κ1) is 15.1. The standard InChI is InChI=1S/C17H13N3O2S/c21-17(13-6-2-1-3-7-13)20-19-12-14-9-10-16(22-14)23-15-8-4-5-11-18-15/h1-12H,(H,20,21). The number of benzene rings is 1. The van der Waals surface area contributed by atoms with E-state index in [4.69, 9.17) is 4.42 Å². The molecule has 0 radical (unpaired) electrons. The third kappa shape index (κ3) is 4.31. The Balaban J connectivity index is 1.57. The lowest BCUT2D eigenvalue weighted by Crippen LogP contribution is -2.17. The Morgan fingerprint density at radius 2 is 1.91 bits per heavy atom. The summed E-state index contributed by atoms with van der Waals surface area (Å²) in [6, 6.07) is 18.2. The number of rotatable bonds is 5. The molecule has 5 nitrogen and oxygen atoms in total. The summed E-state index contributed by atoms with van der Waals surface area (Å²) < 4.78 is 5.60. The molecule has 0 aliphatic heterocycles. The van der Waals surface area contributed by atoms with Gasteiger partial charge in [0.1, 0.15) is 10.8 Å². The van der Waals surface area contributed by atoms with Gasteiger partial charge in [0, 0.05) is 11.8 Å². The van der Waals surface area contributed by atoms with Crippen LogP contribution in [0.3, 0.4) is 0 Å². The third-order valence-electron chi connectivity index (χ3n) is 2.84. The molecule has 6 heteroatoms. The van der Waals surface area contributed by atoms with Crippen molar-refractivity contribution in [2.24, 2.45) is 5.10 Å². The van der Waals surface area contributed by atoms with Crippen LogP contribution >= 0.6 is 11.8 Å². The Bertz CT molecular complexity index is 801. The van der Waals surface area contributed by atoms with Crippen LogP contribution < -0.4 is 5.43 Å². The lowest BCUT2D eigenvalue weighted by atomic mass is 10.2. The molecular weight excluding hydrogens is 310 g/mol. The van der Waals surface area contributed by atoms with Gasteiger partial charge in [0.15, 0.2) is 5.09 Å². The highest BCUT2D eigenvalue weighted by atomic mass is 32.2. The van der Waals surface area contributed by atoms with E-state index in [0.29, 0.717) is 16.4 Å². The Labute approximate surface area is 137 Å². The zero-order valence-electron chi connectivity index (χ0n) is 12.0. The van der Waals surface area contributed by atoms with E-state index < -0.39 is 0 Å². The number of nitrogens with zero attached hydrogens (tertiary/aromatic N) is 2. The predicted molar refractivity (Wildman–Crippen MR) is 88.6 cm³/mol. The highest BCUT2D eigenvalue weighted by molar-refractivity contribution is 7.99. The van der Waals surface area contributed by atoms with Crippen LogP contribution in [0.25, 0.3) is 0 Å². The summed E-state index contributed by atoms with van der Waals surface area (Å²) in [5.74, 6) is 0.285. The number of nitrogens with one attached hydrogen (secondary N) is 1. The molecule has 2 heterocycles. The van der Waals surface area contributed by atoms with Gasteiger partial charge < -0.3 is 4.42 Å². The minimum absolute atomic E-state index is 0.267.